The molecule has 134 valence electrons. The van der Waals surface area contributed by atoms with Crippen LogP contribution in [0.2, 0.25) is 0 Å². The number of carbonyl (C=O) groups excluding carboxylic acids is 1. The van der Waals surface area contributed by atoms with Gasteiger partial charge in [0.1, 0.15) is 17.2 Å². The van der Waals surface area contributed by atoms with E-state index in [1.807, 2.05) is 0 Å². The second kappa shape index (κ2) is 4.95. The van der Waals surface area contributed by atoms with Crippen LogP contribution < -0.4 is 5.01 Å². The van der Waals surface area contributed by atoms with Crippen molar-refractivity contribution in [1.29, 1.82) is 0 Å². The Balaban J connectivity index is 1.54. The van der Waals surface area contributed by atoms with Crippen molar-refractivity contribution < 1.29 is 13.6 Å². The van der Waals surface area contributed by atoms with E-state index in [1.54, 1.807) is 23.9 Å². The number of amides is 1. The Hall–Kier alpha value is -1.65. The van der Waals surface area contributed by atoms with E-state index in [2.05, 4.69) is 0 Å². The average molecular weight is 346 g/mol. The molecule has 5 fully saturated rings. The van der Waals surface area contributed by atoms with Crippen molar-refractivity contribution in [3.05, 3.63) is 29.8 Å². The molecule has 4 aliphatic carbocycles. The van der Waals surface area contributed by atoms with Crippen LogP contribution in [0.15, 0.2) is 18.2 Å². The lowest BCUT2D eigenvalue weighted by Crippen LogP contribution is -2.80. The average Bonchev–Trinajstić information content (AvgIpc) is 2.55. The van der Waals surface area contributed by atoms with Gasteiger partial charge in [0.05, 0.1) is 11.7 Å². The zero-order valence-electron chi connectivity index (χ0n) is 14.7. The number of halogens is 2. The van der Waals surface area contributed by atoms with Crippen LogP contribution in [0.25, 0.3) is 0 Å². The van der Waals surface area contributed by atoms with E-state index in [4.69, 9.17) is 0 Å². The molecule has 0 radical (unpaired) electrons. The second-order valence-corrected chi connectivity index (χ2v) is 9.04. The quantitative estimate of drug-likeness (QED) is 0.804. The summed E-state index contributed by atoms with van der Waals surface area (Å²) in [4.78, 5) is 13.0. The first kappa shape index (κ1) is 15.6. The van der Waals surface area contributed by atoms with Gasteiger partial charge in [-0.25, -0.2) is 13.8 Å². The van der Waals surface area contributed by atoms with Gasteiger partial charge in [-0.1, -0.05) is 0 Å². The summed E-state index contributed by atoms with van der Waals surface area (Å²) in [6, 6.07) is 3.64. The number of nitrogens with zero attached hydrogens (tertiary/aromatic N) is 2. The van der Waals surface area contributed by atoms with Crippen LogP contribution in [0.4, 0.5) is 14.5 Å². The first-order chi connectivity index (χ1) is 11.9. The van der Waals surface area contributed by atoms with Gasteiger partial charge in [0.2, 0.25) is 0 Å². The Morgan fingerprint density at radius 1 is 1.00 bits per heavy atom. The molecule has 0 atom stereocenters. The molecule has 0 N–H and O–H groups in total. The number of hydrazine groups is 1. The Kier molecular flexibility index (Phi) is 3.09. The summed E-state index contributed by atoms with van der Waals surface area (Å²) in [5.74, 6) is 1.72. The topological polar surface area (TPSA) is 23.6 Å². The molecule has 1 amide bonds. The van der Waals surface area contributed by atoms with Crippen LogP contribution in [-0.4, -0.2) is 22.5 Å². The molecule has 5 aliphatic rings. The monoisotopic (exact) mass is 346 g/mol. The van der Waals surface area contributed by atoms with E-state index in [0.717, 1.165) is 24.0 Å². The highest BCUT2D eigenvalue weighted by atomic mass is 19.1. The maximum Gasteiger partial charge on any atom is 0.268 e. The zero-order valence-corrected chi connectivity index (χ0v) is 14.7. The van der Waals surface area contributed by atoms with Gasteiger partial charge in [-0.05, 0) is 81.8 Å². The number of benzene rings is 1. The van der Waals surface area contributed by atoms with Crippen molar-refractivity contribution in [2.24, 2.45) is 23.7 Å². The molecule has 1 aliphatic heterocycles. The SMILES string of the molecule is CC1(C)C(=O)N(C2C3CC4CC(C3)CC2C4)N1c1cc(F)ccc1F. The molecule has 3 nitrogen and oxygen atoms in total. The third-order valence-corrected chi connectivity index (χ3v) is 7.07. The van der Waals surface area contributed by atoms with Gasteiger partial charge in [0.15, 0.2) is 0 Å². The molecule has 1 aromatic rings. The second-order valence-electron chi connectivity index (χ2n) is 9.04. The minimum absolute atomic E-state index is 0.0358. The third-order valence-electron chi connectivity index (χ3n) is 7.07. The minimum atomic E-state index is -0.830. The molecule has 6 rings (SSSR count). The highest BCUT2D eigenvalue weighted by molar-refractivity contribution is 5.98. The molecule has 1 heterocycles. The summed E-state index contributed by atoms with van der Waals surface area (Å²) in [5.41, 5.74) is -0.651. The first-order valence-corrected chi connectivity index (χ1v) is 9.45. The lowest BCUT2D eigenvalue weighted by atomic mass is 9.53. The van der Waals surface area contributed by atoms with Gasteiger partial charge in [-0.2, -0.15) is 0 Å². The van der Waals surface area contributed by atoms with Crippen LogP contribution in [-0.2, 0) is 4.79 Å². The summed E-state index contributed by atoms with van der Waals surface area (Å²) in [6.45, 7) is 3.60. The van der Waals surface area contributed by atoms with Gasteiger partial charge >= 0.3 is 0 Å². The van der Waals surface area contributed by atoms with Gasteiger partial charge in [-0.3, -0.25) is 9.80 Å². The molecule has 0 aromatic heterocycles. The summed E-state index contributed by atoms with van der Waals surface area (Å²) >= 11 is 0. The molecule has 0 unspecified atom stereocenters. The molecule has 5 heteroatoms. The van der Waals surface area contributed by atoms with Crippen LogP contribution in [0, 0.1) is 35.3 Å². The summed E-state index contributed by atoms with van der Waals surface area (Å²) < 4.78 is 28.2. The van der Waals surface area contributed by atoms with E-state index in [-0.39, 0.29) is 17.6 Å². The van der Waals surface area contributed by atoms with E-state index in [1.165, 1.54) is 38.2 Å². The number of hydrogen-bond donors (Lipinski definition) is 0. The Bertz CT molecular complexity index is 719. The van der Waals surface area contributed by atoms with E-state index in [9.17, 15) is 13.6 Å². The Morgan fingerprint density at radius 3 is 2.20 bits per heavy atom. The van der Waals surface area contributed by atoms with Crippen LogP contribution in [0.3, 0.4) is 0 Å². The maximum atomic E-state index is 14.5. The zero-order chi connectivity index (χ0) is 17.5. The predicted octanol–water partition coefficient (Wildman–Crippen LogP) is 4.13. The molecule has 25 heavy (non-hydrogen) atoms. The van der Waals surface area contributed by atoms with Gasteiger partial charge in [0, 0.05) is 6.07 Å². The van der Waals surface area contributed by atoms with Crippen LogP contribution >= 0.6 is 0 Å². The minimum Gasteiger partial charge on any atom is -0.270 e. The van der Waals surface area contributed by atoms with Gasteiger partial charge in [-0.15, -0.1) is 0 Å². The fourth-order valence-corrected chi connectivity index (χ4v) is 6.32. The largest absolute Gasteiger partial charge is 0.270 e. The van der Waals surface area contributed by atoms with E-state index < -0.39 is 17.2 Å². The van der Waals surface area contributed by atoms with Crippen molar-refractivity contribution in [3.63, 3.8) is 0 Å². The first-order valence-electron chi connectivity index (χ1n) is 9.45. The molecule has 4 saturated carbocycles. The number of carbonyl (C=O) groups is 1. The highest BCUT2D eigenvalue weighted by Crippen LogP contribution is 2.57. The molecular formula is C20H24F2N2O. The summed E-state index contributed by atoms with van der Waals surface area (Å²) in [6.07, 6.45) is 6.08. The standard InChI is InChI=1S/C20H24F2N2O/c1-20(2)19(25)23(24(20)17-10-15(21)3-4-16(17)22)18-13-6-11-5-12(8-13)9-14(18)7-11/h3-4,10-14,18H,5-9H2,1-2H3. The van der Waals surface area contributed by atoms with E-state index in [0.29, 0.717) is 11.8 Å². The summed E-state index contributed by atoms with van der Waals surface area (Å²) in [7, 11) is 0. The highest BCUT2D eigenvalue weighted by Gasteiger charge is 2.61. The molecular weight excluding hydrogens is 322 g/mol. The predicted molar refractivity (Wildman–Crippen MR) is 90.6 cm³/mol. The fraction of sp³-hybridized carbons (Fsp3) is 0.650. The van der Waals surface area contributed by atoms with Crippen LogP contribution in [0.1, 0.15) is 46.0 Å². The Labute approximate surface area is 146 Å². The summed E-state index contributed by atoms with van der Waals surface area (Å²) in [5, 5.41) is 3.51. The number of anilines is 1. The van der Waals surface area contributed by atoms with E-state index >= 15 is 0 Å². The third kappa shape index (κ3) is 2.04. The molecule has 4 bridgehead atoms. The van der Waals surface area contributed by atoms with Gasteiger partial charge < -0.3 is 0 Å². The van der Waals surface area contributed by atoms with Crippen molar-refractivity contribution in [2.45, 2.75) is 57.5 Å². The van der Waals surface area contributed by atoms with Crippen molar-refractivity contribution >= 4 is 11.6 Å². The van der Waals surface area contributed by atoms with Crippen molar-refractivity contribution in [1.82, 2.24) is 5.01 Å². The molecule has 1 aromatic carbocycles. The normalized spacial score (nSPS) is 38.2. The fourth-order valence-electron chi connectivity index (χ4n) is 6.32. The number of hydrogen-bond acceptors (Lipinski definition) is 2. The molecule has 0 spiro atoms. The number of rotatable bonds is 2. The van der Waals surface area contributed by atoms with Crippen LogP contribution in [0.5, 0.6) is 0 Å². The van der Waals surface area contributed by atoms with Crippen molar-refractivity contribution in [3.8, 4) is 0 Å². The van der Waals surface area contributed by atoms with Crippen molar-refractivity contribution in [2.75, 3.05) is 5.01 Å². The smallest absolute Gasteiger partial charge is 0.268 e. The lowest BCUT2D eigenvalue weighted by molar-refractivity contribution is -0.170. The lowest BCUT2D eigenvalue weighted by Gasteiger charge is -2.65. The molecule has 1 saturated heterocycles. The van der Waals surface area contributed by atoms with Gasteiger partial charge in [0.25, 0.3) is 5.91 Å². The maximum absolute atomic E-state index is 14.5. The Morgan fingerprint density at radius 2 is 1.60 bits per heavy atom.